The number of sulfonamides is 1. The van der Waals surface area contributed by atoms with Crippen molar-refractivity contribution in [2.45, 2.75) is 32.6 Å². The third-order valence-corrected chi connectivity index (χ3v) is 5.71. The molecule has 25 heavy (non-hydrogen) atoms. The molecule has 0 aliphatic rings. The summed E-state index contributed by atoms with van der Waals surface area (Å²) in [5.41, 5.74) is 5.26. The number of nitrogens with one attached hydrogen (secondary N) is 2. The van der Waals surface area contributed by atoms with Gasteiger partial charge in [-0.15, -0.1) is 0 Å². The fourth-order valence-corrected chi connectivity index (χ4v) is 4.51. The first-order valence-electron chi connectivity index (χ1n) is 7.99. The lowest BCUT2D eigenvalue weighted by atomic mass is 10.1. The van der Waals surface area contributed by atoms with Crippen molar-refractivity contribution in [3.05, 3.63) is 64.3 Å². The predicted molar refractivity (Wildman–Crippen MR) is 102 cm³/mol. The molecule has 2 aromatic carbocycles. The summed E-state index contributed by atoms with van der Waals surface area (Å²) in [7, 11) is -3.72. The van der Waals surface area contributed by atoms with Crippen molar-refractivity contribution in [3.8, 4) is 0 Å². The first-order chi connectivity index (χ1) is 11.8. The van der Waals surface area contributed by atoms with Gasteiger partial charge in [0, 0.05) is 22.2 Å². The summed E-state index contributed by atoms with van der Waals surface area (Å²) in [4.78, 5) is 5.88. The second-order valence-corrected chi connectivity index (χ2v) is 7.89. The molecular formula is C19H21N3O2S. The topological polar surface area (TPSA) is 74.3 Å². The largest absolute Gasteiger partial charge is 0.358 e. The van der Waals surface area contributed by atoms with Gasteiger partial charge >= 0.3 is 0 Å². The van der Waals surface area contributed by atoms with Gasteiger partial charge < -0.3 is 4.98 Å². The number of nitrogens with zero attached hydrogens (tertiary/aromatic N) is 1. The van der Waals surface area contributed by atoms with Crippen molar-refractivity contribution in [2.24, 2.45) is 5.10 Å². The molecule has 0 radical (unpaired) electrons. The van der Waals surface area contributed by atoms with Crippen LogP contribution in [0.5, 0.6) is 0 Å². The van der Waals surface area contributed by atoms with Gasteiger partial charge in [0.05, 0.1) is 11.1 Å². The SMILES string of the molecule is Cc1cc(C)c(S(=O)(=O)N/N=C/c2c(C)[nH]c3ccccc23)c(C)c1. The van der Waals surface area contributed by atoms with Crippen LogP contribution in [-0.2, 0) is 10.0 Å². The third-order valence-electron chi connectivity index (χ3n) is 4.18. The molecule has 3 rings (SSSR count). The van der Waals surface area contributed by atoms with Crippen molar-refractivity contribution in [1.82, 2.24) is 9.82 Å². The number of hydrogen-bond donors (Lipinski definition) is 2. The maximum Gasteiger partial charge on any atom is 0.277 e. The number of aryl methyl sites for hydroxylation is 4. The molecule has 5 nitrogen and oxygen atoms in total. The molecule has 0 amide bonds. The molecule has 3 aromatic rings. The molecule has 0 aliphatic carbocycles. The van der Waals surface area contributed by atoms with Crippen LogP contribution in [0.1, 0.15) is 27.9 Å². The van der Waals surface area contributed by atoms with E-state index < -0.39 is 10.0 Å². The molecule has 0 unspecified atom stereocenters. The van der Waals surface area contributed by atoms with E-state index >= 15 is 0 Å². The first-order valence-corrected chi connectivity index (χ1v) is 9.48. The highest BCUT2D eigenvalue weighted by Gasteiger charge is 2.19. The van der Waals surface area contributed by atoms with E-state index in [2.05, 4.69) is 14.9 Å². The molecule has 130 valence electrons. The Morgan fingerprint density at radius 3 is 2.36 bits per heavy atom. The fourth-order valence-electron chi connectivity index (χ4n) is 3.26. The summed E-state index contributed by atoms with van der Waals surface area (Å²) in [5.74, 6) is 0. The minimum absolute atomic E-state index is 0.283. The maximum absolute atomic E-state index is 12.6. The molecule has 0 fully saturated rings. The van der Waals surface area contributed by atoms with Crippen LogP contribution in [0.3, 0.4) is 0 Å². The molecule has 0 atom stereocenters. The standard InChI is InChI=1S/C19H21N3O2S/c1-12-9-13(2)19(14(3)10-12)25(23,24)22-20-11-17-15(4)21-18-8-6-5-7-16(17)18/h5-11,21-22H,1-4H3/b20-11+. The first kappa shape index (κ1) is 17.2. The molecule has 0 saturated heterocycles. The van der Waals surface area contributed by atoms with E-state index in [0.717, 1.165) is 27.7 Å². The summed E-state index contributed by atoms with van der Waals surface area (Å²) >= 11 is 0. The Kier molecular flexibility index (Phi) is 4.39. The predicted octanol–water partition coefficient (Wildman–Crippen LogP) is 3.71. The average Bonchev–Trinajstić information content (AvgIpc) is 2.82. The highest BCUT2D eigenvalue weighted by atomic mass is 32.2. The Morgan fingerprint density at radius 1 is 1.04 bits per heavy atom. The second-order valence-electron chi connectivity index (χ2n) is 6.29. The minimum Gasteiger partial charge on any atom is -0.358 e. The van der Waals surface area contributed by atoms with E-state index in [9.17, 15) is 8.42 Å². The zero-order chi connectivity index (χ0) is 18.2. The Morgan fingerprint density at radius 2 is 1.68 bits per heavy atom. The quantitative estimate of drug-likeness (QED) is 0.553. The van der Waals surface area contributed by atoms with Crippen LogP contribution < -0.4 is 4.83 Å². The van der Waals surface area contributed by atoms with Crippen LogP contribution in [0.4, 0.5) is 0 Å². The smallest absolute Gasteiger partial charge is 0.277 e. The van der Waals surface area contributed by atoms with Gasteiger partial charge in [-0.05, 0) is 44.9 Å². The highest BCUT2D eigenvalue weighted by Crippen LogP contribution is 2.22. The molecule has 1 aromatic heterocycles. The number of H-pyrrole nitrogens is 1. The summed E-state index contributed by atoms with van der Waals surface area (Å²) < 4.78 is 25.3. The van der Waals surface area contributed by atoms with Crippen LogP contribution in [0.2, 0.25) is 0 Å². The monoisotopic (exact) mass is 355 g/mol. The number of rotatable bonds is 4. The molecule has 0 saturated carbocycles. The second kappa shape index (κ2) is 6.37. The molecule has 0 bridgehead atoms. The molecule has 0 spiro atoms. The summed E-state index contributed by atoms with van der Waals surface area (Å²) in [5, 5.41) is 5.00. The summed E-state index contributed by atoms with van der Waals surface area (Å²) in [6.07, 6.45) is 1.55. The number of hydrazone groups is 1. The van der Waals surface area contributed by atoms with Gasteiger partial charge in [0.1, 0.15) is 0 Å². The van der Waals surface area contributed by atoms with Gasteiger partial charge in [0.2, 0.25) is 0 Å². The Bertz CT molecular complexity index is 1060. The highest BCUT2D eigenvalue weighted by molar-refractivity contribution is 7.89. The van der Waals surface area contributed by atoms with Crippen molar-refractivity contribution in [1.29, 1.82) is 0 Å². The normalized spacial score (nSPS) is 12.2. The van der Waals surface area contributed by atoms with Crippen molar-refractivity contribution < 1.29 is 8.42 Å². The summed E-state index contributed by atoms with van der Waals surface area (Å²) in [6, 6.07) is 11.6. The molecule has 6 heteroatoms. The molecule has 0 aliphatic heterocycles. The van der Waals surface area contributed by atoms with Crippen molar-refractivity contribution in [2.75, 3.05) is 0 Å². The number of aromatic amines is 1. The summed E-state index contributed by atoms with van der Waals surface area (Å²) in [6.45, 7) is 7.47. The van der Waals surface area contributed by atoms with Crippen LogP contribution >= 0.6 is 0 Å². The number of benzene rings is 2. The lowest BCUT2D eigenvalue weighted by Crippen LogP contribution is -2.20. The van der Waals surface area contributed by atoms with E-state index in [1.54, 1.807) is 20.1 Å². The van der Waals surface area contributed by atoms with Gasteiger partial charge in [-0.3, -0.25) is 0 Å². The van der Waals surface area contributed by atoms with Gasteiger partial charge in [-0.1, -0.05) is 35.9 Å². The third kappa shape index (κ3) is 3.30. The molecular weight excluding hydrogens is 334 g/mol. The van der Waals surface area contributed by atoms with Gasteiger partial charge in [-0.2, -0.15) is 13.5 Å². The van der Waals surface area contributed by atoms with E-state index in [-0.39, 0.29) is 4.90 Å². The van der Waals surface area contributed by atoms with Crippen molar-refractivity contribution >= 4 is 27.1 Å². The average molecular weight is 355 g/mol. The lowest BCUT2D eigenvalue weighted by molar-refractivity contribution is 0.583. The van der Waals surface area contributed by atoms with Gasteiger partial charge in [-0.25, -0.2) is 4.83 Å². The minimum atomic E-state index is -3.72. The van der Waals surface area contributed by atoms with Crippen LogP contribution in [0, 0.1) is 27.7 Å². The van der Waals surface area contributed by atoms with E-state index in [4.69, 9.17) is 0 Å². The van der Waals surface area contributed by atoms with Crippen molar-refractivity contribution in [3.63, 3.8) is 0 Å². The Hall–Kier alpha value is -2.60. The zero-order valence-corrected chi connectivity index (χ0v) is 15.5. The lowest BCUT2D eigenvalue weighted by Gasteiger charge is -2.11. The Labute approximate surface area is 147 Å². The maximum atomic E-state index is 12.6. The fraction of sp³-hybridized carbons (Fsp3) is 0.211. The van der Waals surface area contributed by atoms with Crippen LogP contribution in [-0.4, -0.2) is 19.6 Å². The van der Waals surface area contributed by atoms with E-state index in [1.165, 1.54) is 0 Å². The molecule has 1 heterocycles. The number of para-hydroxylation sites is 1. The van der Waals surface area contributed by atoms with Crippen LogP contribution in [0.25, 0.3) is 10.9 Å². The van der Waals surface area contributed by atoms with E-state index in [0.29, 0.717) is 11.1 Å². The van der Waals surface area contributed by atoms with E-state index in [1.807, 2.05) is 50.2 Å². The van der Waals surface area contributed by atoms with Crippen LogP contribution in [0.15, 0.2) is 46.4 Å². The number of fused-ring (bicyclic) bond motifs is 1. The number of hydrogen-bond acceptors (Lipinski definition) is 3. The number of aromatic nitrogens is 1. The zero-order valence-electron chi connectivity index (χ0n) is 14.7. The Balaban J connectivity index is 1.92. The van der Waals surface area contributed by atoms with Gasteiger partial charge in [0.15, 0.2) is 0 Å². The molecule has 2 N–H and O–H groups in total. The van der Waals surface area contributed by atoms with Gasteiger partial charge in [0.25, 0.3) is 10.0 Å².